The van der Waals surface area contributed by atoms with E-state index in [2.05, 4.69) is 5.32 Å². The Hall–Kier alpha value is -0.700. The zero-order chi connectivity index (χ0) is 14.6. The maximum Gasteiger partial charge on any atom is 0.281 e. The van der Waals surface area contributed by atoms with E-state index in [9.17, 15) is 13.2 Å². The van der Waals surface area contributed by atoms with Gasteiger partial charge >= 0.3 is 0 Å². The van der Waals surface area contributed by atoms with Crippen molar-refractivity contribution in [1.82, 2.24) is 18.8 Å². The van der Waals surface area contributed by atoms with Crippen LogP contribution in [0.5, 0.6) is 0 Å². The Morgan fingerprint density at radius 2 is 1.74 bits per heavy atom. The fourth-order valence-corrected chi connectivity index (χ4v) is 2.89. The molecule has 0 spiro atoms. The molecular formula is C11H24N4O3S. The van der Waals surface area contributed by atoms with Gasteiger partial charge in [-0.2, -0.15) is 17.0 Å². The summed E-state index contributed by atoms with van der Waals surface area (Å²) in [6.07, 6.45) is 0. The second-order valence-electron chi connectivity index (χ2n) is 5.11. The average Bonchev–Trinajstić information content (AvgIpc) is 2.35. The summed E-state index contributed by atoms with van der Waals surface area (Å²) in [5, 5.41) is 3.07. The fourth-order valence-electron chi connectivity index (χ4n) is 1.80. The van der Waals surface area contributed by atoms with Crippen molar-refractivity contribution in [2.75, 3.05) is 46.8 Å². The van der Waals surface area contributed by atoms with Gasteiger partial charge in [0.25, 0.3) is 10.2 Å². The van der Waals surface area contributed by atoms with Crippen LogP contribution >= 0.6 is 0 Å². The summed E-state index contributed by atoms with van der Waals surface area (Å²) in [5.41, 5.74) is 0. The second-order valence-corrected chi connectivity index (χ2v) is 7.25. The standard InChI is InChI=1S/C11H24N4O3S/c1-10(2)12-9-11(16)14-5-7-15(8-6-14)19(17,18)13(3)4/h10,12H,5-9H2,1-4H3. The van der Waals surface area contributed by atoms with Crippen LogP contribution in [0.3, 0.4) is 0 Å². The molecule has 0 saturated carbocycles. The molecule has 1 fully saturated rings. The monoisotopic (exact) mass is 292 g/mol. The van der Waals surface area contributed by atoms with E-state index in [0.717, 1.165) is 0 Å². The molecule has 1 aliphatic rings. The Morgan fingerprint density at radius 1 is 1.21 bits per heavy atom. The van der Waals surface area contributed by atoms with Crippen molar-refractivity contribution in [2.45, 2.75) is 19.9 Å². The van der Waals surface area contributed by atoms with Crippen molar-refractivity contribution in [3.63, 3.8) is 0 Å². The third-order valence-electron chi connectivity index (χ3n) is 3.04. The van der Waals surface area contributed by atoms with Gasteiger partial charge in [0, 0.05) is 46.3 Å². The highest BCUT2D eigenvalue weighted by Crippen LogP contribution is 2.09. The molecule has 0 bridgehead atoms. The molecule has 0 aromatic carbocycles. The summed E-state index contributed by atoms with van der Waals surface area (Å²) in [7, 11) is -0.335. The highest BCUT2D eigenvalue weighted by molar-refractivity contribution is 7.86. The molecule has 1 saturated heterocycles. The Kier molecular flexibility index (Phi) is 5.72. The van der Waals surface area contributed by atoms with E-state index in [-0.39, 0.29) is 11.9 Å². The number of amides is 1. The third kappa shape index (κ3) is 4.41. The summed E-state index contributed by atoms with van der Waals surface area (Å²) in [6.45, 7) is 5.88. The van der Waals surface area contributed by atoms with Crippen molar-refractivity contribution in [3.8, 4) is 0 Å². The molecule has 7 nitrogen and oxygen atoms in total. The number of nitrogens with one attached hydrogen (secondary N) is 1. The van der Waals surface area contributed by atoms with Gasteiger partial charge in [0.15, 0.2) is 0 Å². The molecule has 1 N–H and O–H groups in total. The molecule has 1 aliphatic heterocycles. The van der Waals surface area contributed by atoms with E-state index in [1.165, 1.54) is 22.7 Å². The first-order chi connectivity index (χ1) is 8.75. The quantitative estimate of drug-likeness (QED) is 0.701. The second kappa shape index (κ2) is 6.65. The van der Waals surface area contributed by atoms with Gasteiger partial charge in [-0.15, -0.1) is 0 Å². The number of rotatable bonds is 5. The fraction of sp³-hybridized carbons (Fsp3) is 0.909. The number of nitrogens with zero attached hydrogens (tertiary/aromatic N) is 3. The van der Waals surface area contributed by atoms with Gasteiger partial charge in [0.2, 0.25) is 5.91 Å². The molecule has 1 heterocycles. The molecule has 19 heavy (non-hydrogen) atoms. The van der Waals surface area contributed by atoms with Crippen LogP contribution in [0.25, 0.3) is 0 Å². The first kappa shape index (κ1) is 16.4. The summed E-state index contributed by atoms with van der Waals surface area (Å²) in [4.78, 5) is 13.6. The Labute approximate surface area is 115 Å². The van der Waals surface area contributed by atoms with E-state index >= 15 is 0 Å². The summed E-state index contributed by atoms with van der Waals surface area (Å²) >= 11 is 0. The number of carbonyl (C=O) groups excluding carboxylic acids is 1. The van der Waals surface area contributed by atoms with Gasteiger partial charge in [0.1, 0.15) is 0 Å². The zero-order valence-corrected chi connectivity index (χ0v) is 12.9. The Balaban J connectivity index is 2.47. The van der Waals surface area contributed by atoms with Crippen LogP contribution in [0.4, 0.5) is 0 Å². The van der Waals surface area contributed by atoms with Crippen molar-refractivity contribution in [2.24, 2.45) is 0 Å². The first-order valence-electron chi connectivity index (χ1n) is 6.44. The lowest BCUT2D eigenvalue weighted by molar-refractivity contribution is -0.131. The molecule has 0 radical (unpaired) electrons. The topological polar surface area (TPSA) is 73.0 Å². The maximum atomic E-state index is 11.9. The van der Waals surface area contributed by atoms with Crippen molar-refractivity contribution in [3.05, 3.63) is 0 Å². The molecule has 0 aromatic heterocycles. The van der Waals surface area contributed by atoms with E-state index in [0.29, 0.717) is 32.7 Å². The van der Waals surface area contributed by atoms with Crippen molar-refractivity contribution >= 4 is 16.1 Å². The van der Waals surface area contributed by atoms with Crippen LogP contribution in [-0.4, -0.2) is 80.7 Å². The van der Waals surface area contributed by atoms with Gasteiger partial charge in [-0.25, -0.2) is 0 Å². The minimum absolute atomic E-state index is 0.0237. The molecule has 1 rings (SSSR count). The predicted octanol–water partition coefficient (Wildman–Crippen LogP) is -1.06. The van der Waals surface area contributed by atoms with E-state index in [4.69, 9.17) is 0 Å². The highest BCUT2D eigenvalue weighted by atomic mass is 32.2. The summed E-state index contributed by atoms with van der Waals surface area (Å²) in [5.74, 6) is 0.0237. The van der Waals surface area contributed by atoms with Crippen LogP contribution < -0.4 is 5.32 Å². The highest BCUT2D eigenvalue weighted by Gasteiger charge is 2.29. The Morgan fingerprint density at radius 3 is 2.16 bits per heavy atom. The van der Waals surface area contributed by atoms with Crippen LogP contribution in [-0.2, 0) is 15.0 Å². The molecule has 0 atom stereocenters. The molecule has 8 heteroatoms. The smallest absolute Gasteiger partial charge is 0.281 e. The number of hydrogen-bond donors (Lipinski definition) is 1. The van der Waals surface area contributed by atoms with Crippen LogP contribution in [0.2, 0.25) is 0 Å². The number of piperazine rings is 1. The van der Waals surface area contributed by atoms with E-state index in [1.54, 1.807) is 4.90 Å². The summed E-state index contributed by atoms with van der Waals surface area (Å²) in [6, 6.07) is 0.263. The Bertz CT molecular complexity index is 400. The minimum atomic E-state index is -3.36. The molecule has 112 valence electrons. The lowest BCUT2D eigenvalue weighted by Gasteiger charge is -2.35. The van der Waals surface area contributed by atoms with Crippen molar-refractivity contribution in [1.29, 1.82) is 0 Å². The largest absolute Gasteiger partial charge is 0.339 e. The van der Waals surface area contributed by atoms with Gasteiger partial charge in [0.05, 0.1) is 6.54 Å². The van der Waals surface area contributed by atoms with Crippen LogP contribution in [0.1, 0.15) is 13.8 Å². The van der Waals surface area contributed by atoms with Crippen LogP contribution in [0, 0.1) is 0 Å². The molecule has 0 aromatic rings. The SMILES string of the molecule is CC(C)NCC(=O)N1CCN(S(=O)(=O)N(C)C)CC1. The normalized spacial score (nSPS) is 18.3. The molecule has 0 unspecified atom stereocenters. The predicted molar refractivity (Wildman–Crippen MR) is 73.9 cm³/mol. The molecule has 0 aliphatic carbocycles. The first-order valence-corrected chi connectivity index (χ1v) is 7.83. The zero-order valence-electron chi connectivity index (χ0n) is 12.1. The summed E-state index contributed by atoms with van der Waals surface area (Å²) < 4.78 is 26.4. The van der Waals surface area contributed by atoms with E-state index < -0.39 is 10.2 Å². The van der Waals surface area contributed by atoms with Gasteiger partial charge < -0.3 is 10.2 Å². The number of carbonyl (C=O) groups is 1. The van der Waals surface area contributed by atoms with Crippen molar-refractivity contribution < 1.29 is 13.2 Å². The maximum absolute atomic E-state index is 11.9. The van der Waals surface area contributed by atoms with E-state index in [1.807, 2.05) is 13.8 Å². The van der Waals surface area contributed by atoms with Gasteiger partial charge in [-0.3, -0.25) is 4.79 Å². The lowest BCUT2D eigenvalue weighted by atomic mass is 10.3. The average molecular weight is 292 g/mol. The van der Waals surface area contributed by atoms with Gasteiger partial charge in [-0.1, -0.05) is 13.8 Å². The van der Waals surface area contributed by atoms with Gasteiger partial charge in [-0.05, 0) is 0 Å². The lowest BCUT2D eigenvalue weighted by Crippen LogP contribution is -2.54. The third-order valence-corrected chi connectivity index (χ3v) is 4.98. The number of hydrogen-bond acceptors (Lipinski definition) is 4. The van der Waals surface area contributed by atoms with Crippen LogP contribution in [0.15, 0.2) is 0 Å². The molecular weight excluding hydrogens is 268 g/mol. The molecule has 1 amide bonds. The minimum Gasteiger partial charge on any atom is -0.339 e.